The number of carboxylic acids is 4. The first kappa shape index (κ1) is 44.6. The number of amides is 2. The number of benzene rings is 2. The number of nitrogens with one attached hydrogen (secondary N) is 6. The Bertz CT molecular complexity index is 2670. The molecule has 0 aliphatic rings. The molecular weight excluding hydrogens is 845 g/mol. The van der Waals surface area contributed by atoms with Crippen LogP contribution in [0.15, 0.2) is 68.2 Å². The fraction of sp³-hybridized carbons (Fsp3) is 0.250. The number of carbonyl (C=O) groups excluding carboxylic acids is 2. The second kappa shape index (κ2) is 19.2. The molecule has 328 valence electrons. The van der Waals surface area contributed by atoms with Crippen molar-refractivity contribution in [2.75, 3.05) is 11.5 Å². The monoisotopic (exact) mass is 884 g/mol. The van der Waals surface area contributed by atoms with Crippen LogP contribution in [0.25, 0.3) is 22.1 Å². The second-order valence-corrected chi connectivity index (χ2v) is 15.3. The van der Waals surface area contributed by atoms with E-state index < -0.39 is 71.7 Å². The van der Waals surface area contributed by atoms with Crippen LogP contribution in [0.1, 0.15) is 68.7 Å². The van der Waals surface area contributed by atoms with E-state index in [1.54, 1.807) is 24.3 Å². The predicted molar refractivity (Wildman–Crippen MR) is 226 cm³/mol. The molecule has 14 N–H and O–H groups in total. The van der Waals surface area contributed by atoms with E-state index in [1.165, 1.54) is 36.0 Å². The van der Waals surface area contributed by atoms with Gasteiger partial charge in [0.2, 0.25) is 11.9 Å². The molecule has 0 saturated heterocycles. The molecule has 23 heteroatoms. The molecule has 2 atom stereocenters. The molecule has 0 spiro atoms. The van der Waals surface area contributed by atoms with Crippen molar-refractivity contribution in [1.82, 2.24) is 40.5 Å². The van der Waals surface area contributed by atoms with Gasteiger partial charge in [0.15, 0.2) is 0 Å². The minimum absolute atomic E-state index is 0.125. The maximum Gasteiger partial charge on any atom is 0.326 e. The maximum absolute atomic E-state index is 13.3. The third-order valence-electron chi connectivity index (χ3n) is 9.96. The number of anilines is 2. The molecule has 4 aromatic heterocycles. The van der Waals surface area contributed by atoms with Gasteiger partial charge in [-0.15, -0.1) is 0 Å². The van der Waals surface area contributed by atoms with Crippen LogP contribution < -0.4 is 33.2 Å². The van der Waals surface area contributed by atoms with Crippen molar-refractivity contribution >= 4 is 81.4 Å². The highest BCUT2D eigenvalue weighted by Crippen LogP contribution is 2.37. The average Bonchev–Trinajstić information content (AvgIpc) is 3.75. The van der Waals surface area contributed by atoms with Crippen LogP contribution >= 0.6 is 11.8 Å². The van der Waals surface area contributed by atoms with E-state index >= 15 is 0 Å². The summed E-state index contributed by atoms with van der Waals surface area (Å²) in [4.78, 5) is 117. The number of carboxylic acid groups (broad SMARTS) is 4. The van der Waals surface area contributed by atoms with E-state index in [4.69, 9.17) is 21.7 Å². The maximum atomic E-state index is 13.3. The minimum atomic E-state index is -1.40. The molecule has 63 heavy (non-hydrogen) atoms. The number of H-pyrrole nitrogens is 4. The zero-order valence-corrected chi connectivity index (χ0v) is 33.8. The number of rotatable bonds is 20. The third-order valence-corrected chi connectivity index (χ3v) is 11.1. The van der Waals surface area contributed by atoms with Crippen molar-refractivity contribution in [3.8, 4) is 0 Å². The molecule has 4 heterocycles. The Kier molecular flexibility index (Phi) is 13.6. The molecule has 0 fully saturated rings. The molecule has 6 rings (SSSR count). The van der Waals surface area contributed by atoms with Gasteiger partial charge in [0.1, 0.15) is 23.4 Å². The summed E-state index contributed by atoms with van der Waals surface area (Å²) in [5.41, 5.74) is 14.1. The molecular formula is C40H40N10O12S. The van der Waals surface area contributed by atoms with E-state index in [0.717, 1.165) is 11.1 Å². The Morgan fingerprint density at radius 1 is 0.571 bits per heavy atom. The fourth-order valence-corrected chi connectivity index (χ4v) is 7.94. The molecule has 6 aromatic rings. The normalized spacial score (nSPS) is 12.2. The van der Waals surface area contributed by atoms with Crippen LogP contribution in [0.4, 0.5) is 11.9 Å². The van der Waals surface area contributed by atoms with E-state index in [2.05, 4.69) is 40.5 Å². The van der Waals surface area contributed by atoms with Gasteiger partial charge in [-0.1, -0.05) is 36.0 Å². The van der Waals surface area contributed by atoms with E-state index in [9.17, 15) is 48.6 Å². The summed E-state index contributed by atoms with van der Waals surface area (Å²) in [6.07, 6.45) is -0.233. The summed E-state index contributed by atoms with van der Waals surface area (Å²) in [6, 6.07) is 9.84. The number of aromatic amines is 4. The van der Waals surface area contributed by atoms with Gasteiger partial charge in [0.05, 0.1) is 20.8 Å². The molecule has 0 aliphatic carbocycles. The Morgan fingerprint density at radius 3 is 1.27 bits per heavy atom. The number of aromatic nitrogens is 6. The Hall–Kier alpha value is -7.95. The Balaban J connectivity index is 1.24. The zero-order valence-electron chi connectivity index (χ0n) is 32.9. The van der Waals surface area contributed by atoms with Crippen LogP contribution in [0.3, 0.4) is 0 Å². The number of nitrogens with two attached hydrogens (primary N) is 2. The standard InChI is InChI=1S/C40H40N10O12S/c41-39-47-29-27(33(57)49-39)21(11-5-17-1-7-19(8-2-17)31(55)43-23(37(59)60)13-15-25(51)52)35(45-29)63-36-22(28-30(46-36)48-40(42)50-34(28)58)12-6-18-3-9-20(10-4-18)32(56)44-24(38(61)62)14-16-26(53)54/h1-4,7-10,23-24H,5-6,11-16H2,(H,43,55)(H,44,56)(H,51,52)(H,53,54)(H,59,60)(H,61,62)(H4,41,45,47,49,57)(H4,42,46,48,50,58)/t23-,24-/m0/s1. The second-order valence-electron chi connectivity index (χ2n) is 14.3. The summed E-state index contributed by atoms with van der Waals surface area (Å²) < 4.78 is 0. The highest BCUT2D eigenvalue weighted by Gasteiger charge is 2.25. The van der Waals surface area contributed by atoms with Crippen molar-refractivity contribution in [3.05, 3.63) is 103 Å². The van der Waals surface area contributed by atoms with Crippen molar-refractivity contribution in [1.29, 1.82) is 0 Å². The van der Waals surface area contributed by atoms with Crippen molar-refractivity contribution in [2.45, 2.75) is 73.5 Å². The first-order chi connectivity index (χ1) is 30.0. The number of nitrogens with zero attached hydrogens (tertiary/aromatic N) is 2. The average molecular weight is 885 g/mol. The van der Waals surface area contributed by atoms with Crippen molar-refractivity contribution in [2.24, 2.45) is 0 Å². The number of hydrogen-bond acceptors (Lipinski definition) is 13. The fourth-order valence-electron chi connectivity index (χ4n) is 6.79. The number of aryl methyl sites for hydroxylation is 4. The Morgan fingerprint density at radius 2 is 0.937 bits per heavy atom. The van der Waals surface area contributed by atoms with Gasteiger partial charge in [-0.3, -0.25) is 38.7 Å². The molecule has 0 bridgehead atoms. The van der Waals surface area contributed by atoms with Crippen LogP contribution in [0.2, 0.25) is 0 Å². The molecule has 0 saturated carbocycles. The number of hydrogen-bond donors (Lipinski definition) is 12. The molecule has 0 aliphatic heterocycles. The molecule has 0 unspecified atom stereocenters. The lowest BCUT2D eigenvalue weighted by Gasteiger charge is -2.14. The van der Waals surface area contributed by atoms with Crippen LogP contribution in [-0.4, -0.2) is 98.1 Å². The summed E-state index contributed by atoms with van der Waals surface area (Å²) in [5, 5.41) is 42.8. The van der Waals surface area contributed by atoms with Gasteiger partial charge in [-0.2, -0.15) is 9.97 Å². The highest BCUT2D eigenvalue weighted by molar-refractivity contribution is 7.99. The summed E-state index contributed by atoms with van der Waals surface area (Å²) >= 11 is 1.18. The first-order valence-electron chi connectivity index (χ1n) is 19.1. The Labute approximate surface area is 357 Å². The van der Waals surface area contributed by atoms with E-state index in [-0.39, 0.29) is 70.8 Å². The van der Waals surface area contributed by atoms with E-state index in [0.29, 0.717) is 34.0 Å². The summed E-state index contributed by atoms with van der Waals surface area (Å²) in [7, 11) is 0. The highest BCUT2D eigenvalue weighted by atomic mass is 32.2. The van der Waals surface area contributed by atoms with Gasteiger partial charge in [0, 0.05) is 24.0 Å². The molecule has 0 radical (unpaired) electrons. The lowest BCUT2D eigenvalue weighted by molar-refractivity contribution is -0.142. The lowest BCUT2D eigenvalue weighted by atomic mass is 10.0. The zero-order chi connectivity index (χ0) is 45.5. The van der Waals surface area contributed by atoms with Gasteiger partial charge in [-0.25, -0.2) is 9.59 Å². The molecule has 2 amide bonds. The number of nitrogen functional groups attached to an aromatic ring is 2. The van der Waals surface area contributed by atoms with Crippen LogP contribution in [0.5, 0.6) is 0 Å². The third kappa shape index (κ3) is 10.9. The summed E-state index contributed by atoms with van der Waals surface area (Å²) in [6.45, 7) is 0. The molecule has 22 nitrogen and oxygen atoms in total. The topological polar surface area (TPSA) is 383 Å². The number of carbonyl (C=O) groups is 6. The first-order valence-corrected chi connectivity index (χ1v) is 20.0. The lowest BCUT2D eigenvalue weighted by Crippen LogP contribution is -2.41. The van der Waals surface area contributed by atoms with Gasteiger partial charge in [-0.05, 0) is 85.0 Å². The van der Waals surface area contributed by atoms with Crippen molar-refractivity contribution < 1.29 is 49.2 Å². The smallest absolute Gasteiger partial charge is 0.326 e. The summed E-state index contributed by atoms with van der Waals surface area (Å²) in [5.74, 6) is -6.78. The largest absolute Gasteiger partial charge is 0.481 e. The SMILES string of the molecule is Nc1nc2[nH]c(Sc3[nH]c4nc(N)[nH]c(=O)c4c3CCc3ccc(C(=O)N[C@@H](CCC(=O)O)C(=O)O)cc3)c(CCc3ccc(C(=O)N[C@@H](CCC(=O)O)C(=O)O)cc3)c2c(=O)[nH]1. The molecule has 2 aromatic carbocycles. The van der Waals surface area contributed by atoms with Gasteiger partial charge >= 0.3 is 23.9 Å². The quantitative estimate of drug-likeness (QED) is 0.0520. The van der Waals surface area contributed by atoms with Gasteiger partial charge in [0.25, 0.3) is 22.9 Å². The van der Waals surface area contributed by atoms with Gasteiger partial charge < -0.3 is 52.5 Å². The minimum Gasteiger partial charge on any atom is -0.481 e. The van der Waals surface area contributed by atoms with Crippen LogP contribution in [0, 0.1) is 0 Å². The van der Waals surface area contributed by atoms with Crippen LogP contribution in [-0.2, 0) is 44.9 Å². The number of aliphatic carboxylic acids is 4. The number of fused-ring (bicyclic) bond motifs is 2. The predicted octanol–water partition coefficient (Wildman–Crippen LogP) is 1.80. The van der Waals surface area contributed by atoms with E-state index in [1.807, 2.05) is 0 Å². The van der Waals surface area contributed by atoms with Crippen molar-refractivity contribution in [3.63, 3.8) is 0 Å².